The minimum Gasteiger partial charge on any atom is -0.459 e. The average Bonchev–Trinajstić information content (AvgIpc) is 2.71. The number of alkyl halides is 1. The van der Waals surface area contributed by atoms with Crippen molar-refractivity contribution in [3.8, 4) is 0 Å². The van der Waals surface area contributed by atoms with Crippen molar-refractivity contribution in [2.45, 2.75) is 38.5 Å². The number of ether oxygens (including phenoxy) is 2. The summed E-state index contributed by atoms with van der Waals surface area (Å²) in [6.45, 7) is 0.343. The molecule has 0 aromatic heterocycles. The first-order chi connectivity index (χ1) is 13.2. The third-order valence-corrected chi connectivity index (χ3v) is 4.65. The minimum absolute atomic E-state index is 0.159. The summed E-state index contributed by atoms with van der Waals surface area (Å²) in [4.78, 5) is 24.5. The lowest BCUT2D eigenvalue weighted by Crippen LogP contribution is -2.42. The molecule has 0 unspecified atom stereocenters. The fourth-order valence-electron chi connectivity index (χ4n) is 2.43. The lowest BCUT2D eigenvalue weighted by Gasteiger charge is -2.17. The van der Waals surface area contributed by atoms with E-state index in [1.807, 2.05) is 60.7 Å². The van der Waals surface area contributed by atoms with Crippen molar-refractivity contribution in [1.29, 1.82) is 0 Å². The van der Waals surface area contributed by atoms with E-state index in [-0.39, 0.29) is 13.2 Å². The molecular weight excluding hydrogens is 457 g/mol. The van der Waals surface area contributed by atoms with Crippen molar-refractivity contribution in [2.75, 3.05) is 4.43 Å². The highest BCUT2D eigenvalue weighted by Crippen LogP contribution is 2.09. The van der Waals surface area contributed by atoms with Crippen LogP contribution in [0.3, 0.4) is 0 Å². The summed E-state index contributed by atoms with van der Waals surface area (Å²) in [5.74, 6) is -0.441. The SMILES string of the molecule is O=C(N[C@@H](CCCCI)C(=O)OCc1ccccc1)OCc1ccccc1. The maximum absolute atomic E-state index is 12.4. The van der Waals surface area contributed by atoms with Crippen LogP contribution in [0.15, 0.2) is 60.7 Å². The predicted molar refractivity (Wildman–Crippen MR) is 113 cm³/mol. The van der Waals surface area contributed by atoms with Gasteiger partial charge in [0.25, 0.3) is 0 Å². The van der Waals surface area contributed by atoms with E-state index in [1.165, 1.54) is 0 Å². The molecule has 27 heavy (non-hydrogen) atoms. The molecule has 0 aliphatic rings. The molecule has 144 valence electrons. The molecule has 0 spiro atoms. The zero-order valence-corrected chi connectivity index (χ0v) is 17.3. The van der Waals surface area contributed by atoms with Gasteiger partial charge in [0.2, 0.25) is 0 Å². The maximum atomic E-state index is 12.4. The Bertz CT molecular complexity index is 694. The van der Waals surface area contributed by atoms with Gasteiger partial charge in [-0.3, -0.25) is 0 Å². The van der Waals surface area contributed by atoms with Crippen molar-refractivity contribution < 1.29 is 19.1 Å². The largest absolute Gasteiger partial charge is 0.459 e. The zero-order chi connectivity index (χ0) is 19.3. The minimum atomic E-state index is -0.708. The lowest BCUT2D eigenvalue weighted by atomic mass is 10.1. The smallest absolute Gasteiger partial charge is 0.408 e. The molecule has 1 N–H and O–H groups in total. The van der Waals surface area contributed by atoms with Crippen molar-refractivity contribution in [2.24, 2.45) is 0 Å². The number of unbranched alkanes of at least 4 members (excludes halogenated alkanes) is 1. The van der Waals surface area contributed by atoms with Crippen molar-refractivity contribution in [3.05, 3.63) is 71.8 Å². The summed E-state index contributed by atoms with van der Waals surface area (Å²) in [6, 6.07) is 18.2. The molecule has 0 bridgehead atoms. The Hall–Kier alpha value is -2.09. The van der Waals surface area contributed by atoms with Gasteiger partial charge in [0.15, 0.2) is 0 Å². The Balaban J connectivity index is 1.85. The number of amides is 1. The van der Waals surface area contributed by atoms with Gasteiger partial charge < -0.3 is 14.8 Å². The second-order valence-electron chi connectivity index (χ2n) is 6.04. The summed E-state index contributed by atoms with van der Waals surface area (Å²) < 4.78 is 11.6. The Morgan fingerprint density at radius 1 is 0.852 bits per heavy atom. The van der Waals surface area contributed by atoms with E-state index in [1.54, 1.807) is 0 Å². The highest BCUT2D eigenvalue weighted by atomic mass is 127. The number of rotatable bonds is 10. The number of hydrogen-bond donors (Lipinski definition) is 1. The monoisotopic (exact) mass is 481 g/mol. The van der Waals surface area contributed by atoms with E-state index >= 15 is 0 Å². The number of hydrogen-bond acceptors (Lipinski definition) is 4. The van der Waals surface area contributed by atoms with Gasteiger partial charge >= 0.3 is 12.1 Å². The van der Waals surface area contributed by atoms with Crippen LogP contribution in [-0.4, -0.2) is 22.5 Å². The van der Waals surface area contributed by atoms with Crippen LogP contribution in [-0.2, 0) is 27.5 Å². The van der Waals surface area contributed by atoms with E-state index in [0.717, 1.165) is 28.4 Å². The molecule has 2 aromatic carbocycles. The number of carbonyl (C=O) groups is 2. The first-order valence-electron chi connectivity index (χ1n) is 8.93. The van der Waals surface area contributed by atoms with Crippen LogP contribution < -0.4 is 5.32 Å². The number of esters is 1. The molecule has 6 heteroatoms. The number of benzene rings is 2. The highest BCUT2D eigenvalue weighted by molar-refractivity contribution is 14.1. The van der Waals surface area contributed by atoms with E-state index in [9.17, 15) is 9.59 Å². The van der Waals surface area contributed by atoms with Gasteiger partial charge in [0, 0.05) is 0 Å². The summed E-state index contributed by atoms with van der Waals surface area (Å²) in [5, 5.41) is 2.64. The van der Waals surface area contributed by atoms with Gasteiger partial charge in [-0.1, -0.05) is 89.7 Å². The molecular formula is C21H24INO4. The molecule has 0 saturated heterocycles. The standard InChI is InChI=1S/C21H24INO4/c22-14-8-7-13-19(20(24)26-15-17-9-3-1-4-10-17)23-21(25)27-16-18-11-5-2-6-12-18/h1-6,9-12,19H,7-8,13-16H2,(H,23,25)/t19-/m0/s1. The Morgan fingerprint density at radius 3 is 1.96 bits per heavy atom. The molecule has 0 aliphatic carbocycles. The summed E-state index contributed by atoms with van der Waals surface area (Å²) >= 11 is 2.29. The van der Waals surface area contributed by atoms with Crippen LogP contribution in [0.1, 0.15) is 30.4 Å². The van der Waals surface area contributed by atoms with Crippen LogP contribution in [0.4, 0.5) is 4.79 Å². The zero-order valence-electron chi connectivity index (χ0n) is 15.1. The van der Waals surface area contributed by atoms with Crippen LogP contribution in [0.25, 0.3) is 0 Å². The van der Waals surface area contributed by atoms with Crippen LogP contribution in [0.2, 0.25) is 0 Å². The molecule has 1 amide bonds. The molecule has 0 aliphatic heterocycles. The molecule has 0 saturated carbocycles. The van der Waals surface area contributed by atoms with Crippen molar-refractivity contribution >= 4 is 34.7 Å². The number of alkyl carbamates (subject to hydrolysis) is 1. The number of carbonyl (C=O) groups excluding carboxylic acids is 2. The van der Waals surface area contributed by atoms with Gasteiger partial charge in [-0.05, 0) is 28.4 Å². The van der Waals surface area contributed by atoms with E-state index < -0.39 is 18.1 Å². The average molecular weight is 481 g/mol. The van der Waals surface area contributed by atoms with Gasteiger partial charge in [0.05, 0.1) is 0 Å². The first kappa shape index (κ1) is 21.2. The molecule has 0 fully saturated rings. The van der Waals surface area contributed by atoms with Crippen molar-refractivity contribution in [3.63, 3.8) is 0 Å². The number of nitrogens with one attached hydrogen (secondary N) is 1. The fourth-order valence-corrected chi connectivity index (χ4v) is 2.97. The number of halogens is 1. The van der Waals surface area contributed by atoms with E-state index in [4.69, 9.17) is 9.47 Å². The topological polar surface area (TPSA) is 64.6 Å². The Kier molecular flexibility index (Phi) is 9.68. The Labute approximate surface area is 173 Å². The first-order valence-corrected chi connectivity index (χ1v) is 10.5. The maximum Gasteiger partial charge on any atom is 0.408 e. The van der Waals surface area contributed by atoms with Crippen LogP contribution in [0.5, 0.6) is 0 Å². The Morgan fingerprint density at radius 2 is 1.41 bits per heavy atom. The van der Waals surface area contributed by atoms with Gasteiger partial charge in [-0.25, -0.2) is 9.59 Å². The van der Waals surface area contributed by atoms with Gasteiger partial charge in [0.1, 0.15) is 19.3 Å². The molecule has 5 nitrogen and oxygen atoms in total. The quantitative estimate of drug-likeness (QED) is 0.233. The van der Waals surface area contributed by atoms with Crippen LogP contribution >= 0.6 is 22.6 Å². The third-order valence-electron chi connectivity index (χ3n) is 3.89. The molecule has 0 heterocycles. The second kappa shape index (κ2) is 12.3. The van der Waals surface area contributed by atoms with E-state index in [2.05, 4.69) is 27.9 Å². The molecule has 1 atom stereocenters. The van der Waals surface area contributed by atoms with Gasteiger partial charge in [-0.15, -0.1) is 0 Å². The second-order valence-corrected chi connectivity index (χ2v) is 7.12. The lowest BCUT2D eigenvalue weighted by molar-refractivity contribution is -0.147. The summed E-state index contributed by atoms with van der Waals surface area (Å²) in [6.07, 6.45) is 1.71. The summed E-state index contributed by atoms with van der Waals surface area (Å²) in [5.41, 5.74) is 1.80. The van der Waals surface area contributed by atoms with Gasteiger partial charge in [-0.2, -0.15) is 0 Å². The van der Waals surface area contributed by atoms with E-state index in [0.29, 0.717) is 6.42 Å². The van der Waals surface area contributed by atoms with Crippen LogP contribution in [0, 0.1) is 0 Å². The predicted octanol–water partition coefficient (Wildman–Crippen LogP) is 4.63. The van der Waals surface area contributed by atoms with Crippen molar-refractivity contribution in [1.82, 2.24) is 5.32 Å². The molecule has 2 rings (SSSR count). The third kappa shape index (κ3) is 8.43. The molecule has 2 aromatic rings. The molecule has 0 radical (unpaired) electrons. The highest BCUT2D eigenvalue weighted by Gasteiger charge is 2.22. The normalized spacial score (nSPS) is 11.4. The fraction of sp³-hybridized carbons (Fsp3) is 0.333. The summed E-state index contributed by atoms with van der Waals surface area (Å²) in [7, 11) is 0.